The minimum Gasteiger partial charge on any atom is -0.481 e. The number of nitrogens with one attached hydrogen (secondary N) is 1. The quantitative estimate of drug-likeness (QED) is 0.820. The Bertz CT molecular complexity index is 569. The highest BCUT2D eigenvalue weighted by molar-refractivity contribution is 5.69. The first kappa shape index (κ1) is 11.2. The normalized spacial score (nSPS) is 10.4. The Morgan fingerprint density at radius 2 is 2.00 bits per heavy atom. The van der Waals surface area contributed by atoms with Gasteiger partial charge in [0.15, 0.2) is 0 Å². The largest absolute Gasteiger partial charge is 0.481 e. The number of carboxylic acid groups (broad SMARTS) is 1. The van der Waals surface area contributed by atoms with Crippen molar-refractivity contribution in [1.29, 1.82) is 0 Å². The maximum atomic E-state index is 11.4. The summed E-state index contributed by atoms with van der Waals surface area (Å²) in [4.78, 5) is 22.0. The molecule has 2 N–H and O–H groups in total. The van der Waals surface area contributed by atoms with E-state index in [0.717, 1.165) is 5.56 Å². The molecule has 0 spiro atoms. The molecule has 0 atom stereocenters. The minimum atomic E-state index is -1.01. The Hall–Kier alpha value is -2.30. The average Bonchev–Trinajstić information content (AvgIpc) is 2.59. The summed E-state index contributed by atoms with van der Waals surface area (Å²) in [6.45, 7) is 0.524. The van der Waals surface area contributed by atoms with Gasteiger partial charge in [0, 0.05) is 11.8 Å². The van der Waals surface area contributed by atoms with Crippen molar-refractivity contribution in [3.63, 3.8) is 0 Å². The molecule has 0 aliphatic heterocycles. The van der Waals surface area contributed by atoms with Gasteiger partial charge in [-0.3, -0.25) is 19.4 Å². The molecule has 1 aromatic carbocycles. The predicted octanol–water partition coefficient (Wildman–Crippen LogP) is 0.852. The van der Waals surface area contributed by atoms with Gasteiger partial charge in [-0.05, 0) is 5.56 Å². The van der Waals surface area contributed by atoms with Crippen LogP contribution in [-0.4, -0.2) is 20.9 Å². The van der Waals surface area contributed by atoms with Gasteiger partial charge in [-0.2, -0.15) is 0 Å². The predicted molar refractivity (Wildman–Crippen MR) is 61.9 cm³/mol. The van der Waals surface area contributed by atoms with E-state index < -0.39 is 5.97 Å². The van der Waals surface area contributed by atoms with Crippen molar-refractivity contribution in [3.05, 3.63) is 58.0 Å². The number of hydrogen-bond donors (Lipinski definition) is 2. The molecule has 0 radical (unpaired) electrons. The summed E-state index contributed by atoms with van der Waals surface area (Å²) in [7, 11) is 0. The van der Waals surface area contributed by atoms with Gasteiger partial charge < -0.3 is 5.11 Å². The number of aromatic nitrogens is 2. The highest BCUT2D eigenvalue weighted by Crippen LogP contribution is 2.01. The van der Waals surface area contributed by atoms with Crippen molar-refractivity contribution in [1.82, 2.24) is 9.78 Å². The summed E-state index contributed by atoms with van der Waals surface area (Å²) in [6, 6.07) is 9.62. The van der Waals surface area contributed by atoms with Crippen LogP contribution in [0, 0.1) is 0 Å². The fraction of sp³-hybridized carbons (Fsp3) is 0.167. The zero-order valence-electron chi connectivity index (χ0n) is 9.09. The van der Waals surface area contributed by atoms with E-state index in [4.69, 9.17) is 5.11 Å². The zero-order valence-corrected chi connectivity index (χ0v) is 9.09. The van der Waals surface area contributed by atoms with E-state index in [1.807, 2.05) is 30.3 Å². The summed E-state index contributed by atoms with van der Waals surface area (Å²) >= 11 is 0. The molecule has 88 valence electrons. The molecule has 0 aliphatic carbocycles. The summed E-state index contributed by atoms with van der Waals surface area (Å²) in [5.41, 5.74) is 0.970. The average molecular weight is 232 g/mol. The molecule has 0 fully saturated rings. The molecule has 2 aromatic rings. The Kier molecular flexibility index (Phi) is 3.09. The summed E-state index contributed by atoms with van der Waals surface area (Å²) in [5, 5.41) is 11.2. The molecular weight excluding hydrogens is 220 g/mol. The molecule has 17 heavy (non-hydrogen) atoms. The molecule has 5 nitrogen and oxygen atoms in total. The van der Waals surface area contributed by atoms with Crippen LogP contribution in [-0.2, 0) is 17.8 Å². The number of aromatic amines is 1. The van der Waals surface area contributed by atoms with Crippen molar-refractivity contribution in [2.45, 2.75) is 13.0 Å². The standard InChI is InChI=1S/C12H12N2O3/c15-11(16)6-10-8-14(13-12(10)17)7-9-4-2-1-3-5-9/h1-5,8H,6-7H2,(H,13,17)(H,15,16). The Morgan fingerprint density at radius 1 is 1.29 bits per heavy atom. The van der Waals surface area contributed by atoms with Crippen LogP contribution >= 0.6 is 0 Å². The molecule has 1 heterocycles. The van der Waals surface area contributed by atoms with Crippen LogP contribution in [0.4, 0.5) is 0 Å². The summed E-state index contributed by atoms with van der Waals surface area (Å²) in [5.74, 6) is -1.01. The van der Waals surface area contributed by atoms with Crippen LogP contribution in [0.25, 0.3) is 0 Å². The molecular formula is C12H12N2O3. The van der Waals surface area contributed by atoms with Crippen molar-refractivity contribution < 1.29 is 9.90 Å². The van der Waals surface area contributed by atoms with Gasteiger partial charge >= 0.3 is 5.97 Å². The van der Waals surface area contributed by atoms with Crippen molar-refractivity contribution in [3.8, 4) is 0 Å². The Morgan fingerprint density at radius 3 is 2.65 bits per heavy atom. The molecule has 0 amide bonds. The first-order valence-electron chi connectivity index (χ1n) is 5.19. The number of H-pyrrole nitrogens is 1. The summed E-state index contributed by atoms with van der Waals surface area (Å²) < 4.78 is 1.59. The lowest BCUT2D eigenvalue weighted by molar-refractivity contribution is -0.136. The molecule has 0 saturated carbocycles. The van der Waals surface area contributed by atoms with Crippen LogP contribution in [0.3, 0.4) is 0 Å². The van der Waals surface area contributed by atoms with E-state index >= 15 is 0 Å². The Labute approximate surface area is 97.3 Å². The monoisotopic (exact) mass is 232 g/mol. The first-order valence-corrected chi connectivity index (χ1v) is 5.19. The van der Waals surface area contributed by atoms with E-state index in [9.17, 15) is 9.59 Å². The highest BCUT2D eigenvalue weighted by Gasteiger charge is 2.08. The van der Waals surface area contributed by atoms with Crippen molar-refractivity contribution in [2.24, 2.45) is 0 Å². The number of hydrogen-bond acceptors (Lipinski definition) is 2. The van der Waals surface area contributed by atoms with Crippen molar-refractivity contribution >= 4 is 5.97 Å². The number of nitrogens with zero attached hydrogens (tertiary/aromatic N) is 1. The van der Waals surface area contributed by atoms with Crippen LogP contribution in [0.1, 0.15) is 11.1 Å². The van der Waals surface area contributed by atoms with E-state index in [1.165, 1.54) is 0 Å². The zero-order chi connectivity index (χ0) is 12.3. The first-order chi connectivity index (χ1) is 8.15. The second-order valence-electron chi connectivity index (χ2n) is 3.78. The summed E-state index contributed by atoms with van der Waals surface area (Å²) in [6.07, 6.45) is 1.29. The fourth-order valence-electron chi connectivity index (χ4n) is 1.64. The Balaban J connectivity index is 2.18. The van der Waals surface area contributed by atoms with Gasteiger partial charge in [0.05, 0.1) is 13.0 Å². The number of benzene rings is 1. The lowest BCUT2D eigenvalue weighted by Crippen LogP contribution is -2.11. The maximum Gasteiger partial charge on any atom is 0.308 e. The van der Waals surface area contributed by atoms with E-state index in [-0.39, 0.29) is 17.5 Å². The smallest absolute Gasteiger partial charge is 0.308 e. The van der Waals surface area contributed by atoms with E-state index in [0.29, 0.717) is 6.54 Å². The molecule has 2 rings (SSSR count). The molecule has 0 aliphatic rings. The number of rotatable bonds is 4. The van der Waals surface area contributed by atoms with Crippen molar-refractivity contribution in [2.75, 3.05) is 0 Å². The van der Waals surface area contributed by atoms with Crippen LogP contribution in [0.2, 0.25) is 0 Å². The SMILES string of the molecule is O=C(O)Cc1cn(Cc2ccccc2)[nH]c1=O. The molecule has 0 unspecified atom stereocenters. The number of aliphatic carboxylic acids is 1. The third-order valence-corrected chi connectivity index (χ3v) is 2.39. The lowest BCUT2D eigenvalue weighted by atomic mass is 10.2. The van der Waals surface area contributed by atoms with Gasteiger partial charge in [-0.15, -0.1) is 0 Å². The van der Waals surface area contributed by atoms with Crippen LogP contribution in [0.15, 0.2) is 41.3 Å². The maximum absolute atomic E-state index is 11.4. The molecule has 0 saturated heterocycles. The van der Waals surface area contributed by atoms with E-state index in [1.54, 1.807) is 10.9 Å². The molecule has 0 bridgehead atoms. The number of carbonyl (C=O) groups is 1. The third kappa shape index (κ3) is 2.84. The van der Waals surface area contributed by atoms with Gasteiger partial charge in [0.25, 0.3) is 5.56 Å². The van der Waals surface area contributed by atoms with Gasteiger partial charge in [0.2, 0.25) is 0 Å². The molecule has 5 heteroatoms. The third-order valence-electron chi connectivity index (χ3n) is 2.39. The highest BCUT2D eigenvalue weighted by atomic mass is 16.4. The van der Waals surface area contributed by atoms with Gasteiger partial charge in [0.1, 0.15) is 0 Å². The van der Waals surface area contributed by atoms with Gasteiger partial charge in [-0.25, -0.2) is 0 Å². The van der Waals surface area contributed by atoms with E-state index in [2.05, 4.69) is 5.10 Å². The van der Waals surface area contributed by atoms with Crippen LogP contribution in [0.5, 0.6) is 0 Å². The minimum absolute atomic E-state index is 0.253. The second kappa shape index (κ2) is 4.69. The molecule has 1 aromatic heterocycles. The second-order valence-corrected chi connectivity index (χ2v) is 3.78. The lowest BCUT2D eigenvalue weighted by Gasteiger charge is -2.01. The number of carboxylic acids is 1. The van der Waals surface area contributed by atoms with Gasteiger partial charge in [-0.1, -0.05) is 30.3 Å². The van der Waals surface area contributed by atoms with Crippen LogP contribution < -0.4 is 5.56 Å². The topological polar surface area (TPSA) is 75.1 Å². The fourth-order valence-corrected chi connectivity index (χ4v) is 1.64.